The zero-order valence-corrected chi connectivity index (χ0v) is 8.00. The first-order valence-electron chi connectivity index (χ1n) is 3.57. The lowest BCUT2D eigenvalue weighted by Gasteiger charge is -2.12. The van der Waals surface area contributed by atoms with Gasteiger partial charge in [0.1, 0.15) is 11.0 Å². The van der Waals surface area contributed by atoms with E-state index in [2.05, 4.69) is 20.9 Å². The van der Waals surface area contributed by atoms with Crippen LogP contribution in [0.1, 0.15) is 16.9 Å². The maximum atomic E-state index is 11.3. The molecular weight excluding hydrogens is 238 g/mol. The van der Waals surface area contributed by atoms with E-state index in [-0.39, 0.29) is 23.6 Å². The predicted molar refractivity (Wildman–Crippen MR) is 46.5 cm³/mol. The van der Waals surface area contributed by atoms with Gasteiger partial charge in [-0.15, -0.1) is 0 Å². The molecule has 1 aromatic rings. The number of halogens is 1. The number of aromatic nitrogens is 1. The van der Waals surface area contributed by atoms with Gasteiger partial charge in [0, 0.05) is 0 Å². The molecule has 13 heavy (non-hydrogen) atoms. The lowest BCUT2D eigenvalue weighted by Crippen LogP contribution is -2.22. The molecule has 0 fully saturated rings. The Morgan fingerprint density at radius 2 is 2.15 bits per heavy atom. The van der Waals surface area contributed by atoms with Gasteiger partial charge in [-0.3, -0.25) is 9.59 Å². The van der Waals surface area contributed by atoms with Gasteiger partial charge < -0.3 is 4.74 Å². The summed E-state index contributed by atoms with van der Waals surface area (Å²) in [4.78, 5) is 26.0. The minimum Gasteiger partial charge on any atom is -0.424 e. The van der Waals surface area contributed by atoms with Crippen LogP contribution < -0.4 is 4.74 Å². The Bertz CT molecular complexity index is 402. The van der Waals surface area contributed by atoms with Crippen molar-refractivity contribution in [3.8, 4) is 5.75 Å². The number of nitrogens with zero attached hydrogens (tertiary/aromatic N) is 1. The second kappa shape index (κ2) is 2.92. The number of Topliss-reactive ketones (excluding diaryl/α,β-unsaturated/α-hetero) is 1. The zero-order valence-electron chi connectivity index (χ0n) is 6.41. The third-order valence-electron chi connectivity index (χ3n) is 1.62. The molecule has 1 aliphatic rings. The van der Waals surface area contributed by atoms with Gasteiger partial charge in [-0.25, -0.2) is 4.98 Å². The number of ketones is 1. The number of ether oxygens (including phenoxy) is 1. The van der Waals surface area contributed by atoms with Crippen LogP contribution in [0.5, 0.6) is 5.75 Å². The predicted octanol–water partition coefficient (Wildman–Crippen LogP) is 1.34. The largest absolute Gasteiger partial charge is 0.424 e. The average Bonchev–Trinajstić information content (AvgIpc) is 2.06. The Balaban J connectivity index is 2.55. The third-order valence-corrected chi connectivity index (χ3v) is 2.06. The summed E-state index contributed by atoms with van der Waals surface area (Å²) in [7, 11) is 0. The first-order chi connectivity index (χ1) is 6.16. The van der Waals surface area contributed by atoms with Crippen LogP contribution in [0.3, 0.4) is 0 Å². The number of carbonyl (C=O) groups excluding carboxylic acids is 2. The summed E-state index contributed by atoms with van der Waals surface area (Å²) >= 11 is 3.13. The number of fused-ring (bicyclic) bond motifs is 1. The maximum Gasteiger partial charge on any atom is 0.319 e. The standard InChI is InChI=1S/C8H4BrNO3/c9-6-2-1-5-8(10-6)4(11)3-7(12)13-5/h1-2H,3H2. The first kappa shape index (κ1) is 8.37. The zero-order chi connectivity index (χ0) is 9.42. The van der Waals surface area contributed by atoms with Gasteiger partial charge in [-0.05, 0) is 28.1 Å². The highest BCUT2D eigenvalue weighted by Crippen LogP contribution is 2.24. The second-order valence-electron chi connectivity index (χ2n) is 2.55. The van der Waals surface area contributed by atoms with Crippen molar-refractivity contribution in [2.45, 2.75) is 6.42 Å². The molecule has 0 atom stereocenters. The molecule has 66 valence electrons. The monoisotopic (exact) mass is 241 g/mol. The summed E-state index contributed by atoms with van der Waals surface area (Å²) in [5, 5.41) is 0. The summed E-state index contributed by atoms with van der Waals surface area (Å²) in [6.07, 6.45) is -0.226. The summed E-state index contributed by atoms with van der Waals surface area (Å²) in [5.74, 6) is -0.585. The molecule has 0 radical (unpaired) electrons. The summed E-state index contributed by atoms with van der Waals surface area (Å²) in [6, 6.07) is 3.16. The van der Waals surface area contributed by atoms with E-state index < -0.39 is 5.97 Å². The van der Waals surface area contributed by atoms with Gasteiger partial charge in [-0.1, -0.05) is 0 Å². The van der Waals surface area contributed by atoms with Crippen LogP contribution in [0.4, 0.5) is 0 Å². The molecule has 0 unspecified atom stereocenters. The minimum atomic E-state index is -0.526. The lowest BCUT2D eigenvalue weighted by molar-refractivity contribution is -0.133. The van der Waals surface area contributed by atoms with Crippen molar-refractivity contribution in [1.82, 2.24) is 4.98 Å². The molecule has 0 saturated carbocycles. The Morgan fingerprint density at radius 1 is 1.38 bits per heavy atom. The van der Waals surface area contributed by atoms with Gasteiger partial charge in [0.25, 0.3) is 0 Å². The fourth-order valence-electron chi connectivity index (χ4n) is 1.08. The number of carbonyl (C=O) groups is 2. The summed E-state index contributed by atoms with van der Waals surface area (Å²) in [5.41, 5.74) is 0.217. The lowest BCUT2D eigenvalue weighted by atomic mass is 10.1. The molecule has 0 N–H and O–H groups in total. The first-order valence-corrected chi connectivity index (χ1v) is 4.36. The van der Waals surface area contributed by atoms with E-state index in [4.69, 9.17) is 4.74 Å². The molecule has 0 aromatic carbocycles. The van der Waals surface area contributed by atoms with E-state index in [9.17, 15) is 9.59 Å². The van der Waals surface area contributed by atoms with Crippen molar-refractivity contribution in [3.05, 3.63) is 22.4 Å². The van der Waals surface area contributed by atoms with E-state index in [0.29, 0.717) is 4.60 Å². The Kier molecular flexibility index (Phi) is 1.88. The van der Waals surface area contributed by atoms with Crippen LogP contribution in [0.2, 0.25) is 0 Å². The van der Waals surface area contributed by atoms with Crippen LogP contribution in [0.15, 0.2) is 16.7 Å². The molecule has 0 saturated heterocycles. The van der Waals surface area contributed by atoms with E-state index in [1.54, 1.807) is 12.1 Å². The van der Waals surface area contributed by atoms with Crippen LogP contribution in [0.25, 0.3) is 0 Å². The fourth-order valence-corrected chi connectivity index (χ4v) is 1.39. The molecule has 0 amide bonds. The quantitative estimate of drug-likeness (QED) is 0.391. The van der Waals surface area contributed by atoms with E-state index in [0.717, 1.165) is 0 Å². The summed E-state index contributed by atoms with van der Waals surface area (Å²) in [6.45, 7) is 0. The van der Waals surface area contributed by atoms with Crippen molar-refractivity contribution >= 4 is 27.7 Å². The van der Waals surface area contributed by atoms with Gasteiger partial charge in [0.2, 0.25) is 0 Å². The van der Waals surface area contributed by atoms with Crippen LogP contribution in [0, 0.1) is 0 Å². The number of rotatable bonds is 0. The molecule has 1 aliphatic heterocycles. The van der Waals surface area contributed by atoms with E-state index >= 15 is 0 Å². The Hall–Kier alpha value is -1.23. The van der Waals surface area contributed by atoms with Gasteiger partial charge in [0.15, 0.2) is 17.2 Å². The Labute approximate surface area is 82.0 Å². The van der Waals surface area contributed by atoms with Crippen molar-refractivity contribution in [3.63, 3.8) is 0 Å². The van der Waals surface area contributed by atoms with Gasteiger partial charge in [-0.2, -0.15) is 0 Å². The molecule has 2 heterocycles. The van der Waals surface area contributed by atoms with Crippen LogP contribution >= 0.6 is 15.9 Å². The van der Waals surface area contributed by atoms with Gasteiger partial charge in [0.05, 0.1) is 0 Å². The van der Waals surface area contributed by atoms with Crippen molar-refractivity contribution in [2.75, 3.05) is 0 Å². The molecule has 1 aromatic heterocycles. The molecule has 0 aliphatic carbocycles. The second-order valence-corrected chi connectivity index (χ2v) is 3.37. The van der Waals surface area contributed by atoms with E-state index in [1.165, 1.54) is 0 Å². The molecule has 2 rings (SSSR count). The van der Waals surface area contributed by atoms with Crippen molar-refractivity contribution < 1.29 is 14.3 Å². The highest BCUT2D eigenvalue weighted by Gasteiger charge is 2.26. The van der Waals surface area contributed by atoms with Gasteiger partial charge >= 0.3 is 5.97 Å². The average molecular weight is 242 g/mol. The summed E-state index contributed by atoms with van der Waals surface area (Å²) < 4.78 is 5.37. The highest BCUT2D eigenvalue weighted by molar-refractivity contribution is 9.10. The molecule has 0 bridgehead atoms. The number of pyridine rings is 1. The maximum absolute atomic E-state index is 11.3. The van der Waals surface area contributed by atoms with Crippen molar-refractivity contribution in [2.24, 2.45) is 0 Å². The molecule has 0 spiro atoms. The number of hydrogen-bond donors (Lipinski definition) is 0. The number of hydrogen-bond acceptors (Lipinski definition) is 4. The minimum absolute atomic E-state index is 0.217. The Morgan fingerprint density at radius 3 is 2.92 bits per heavy atom. The van der Waals surface area contributed by atoms with Crippen molar-refractivity contribution in [1.29, 1.82) is 0 Å². The van der Waals surface area contributed by atoms with E-state index in [1.807, 2.05) is 0 Å². The normalized spacial score (nSPS) is 15.2. The third kappa shape index (κ3) is 1.47. The SMILES string of the molecule is O=C1CC(=O)c2nc(Br)ccc2O1. The molecule has 5 heteroatoms. The molecule has 4 nitrogen and oxygen atoms in total. The number of esters is 1. The smallest absolute Gasteiger partial charge is 0.319 e. The fraction of sp³-hybridized carbons (Fsp3) is 0.125. The molecular formula is C8H4BrNO3. The van der Waals surface area contributed by atoms with Crippen LogP contribution in [-0.4, -0.2) is 16.7 Å². The topological polar surface area (TPSA) is 56.3 Å². The highest BCUT2D eigenvalue weighted by atomic mass is 79.9. The van der Waals surface area contributed by atoms with Crippen LogP contribution in [-0.2, 0) is 4.79 Å².